The van der Waals surface area contributed by atoms with Gasteiger partial charge >= 0.3 is 0 Å². The molecule has 0 amide bonds. The Bertz CT molecular complexity index is 3590. The molecule has 0 fully saturated rings. The lowest BCUT2D eigenvalue weighted by molar-refractivity contribution is 0.295. The molecule has 0 spiro atoms. The summed E-state index contributed by atoms with van der Waals surface area (Å²) in [5.74, 6) is 6.98. The minimum atomic E-state index is 0.0541. The van der Waals surface area contributed by atoms with Crippen molar-refractivity contribution in [1.82, 2.24) is 29.1 Å². The molecule has 4 heterocycles. The summed E-state index contributed by atoms with van der Waals surface area (Å²) in [6, 6.07) is 47.4. The summed E-state index contributed by atoms with van der Waals surface area (Å²) < 4.78 is 47.8. The SMILES string of the molecule is COc1ccc(COc2ccc(-c3cc4c(Cl)ncnc4n3C)cc2)c(OC)c1.COc1ccc([C@@H](C)N)cc1.COc1ccc([C@@H](C)Nc2ncnc3c2cc(-c2ccc(OCc4ccc(OC)cc4OC)cc2)n3C)cc1. The van der Waals surface area contributed by atoms with Crippen molar-refractivity contribution in [1.29, 1.82) is 0 Å². The topological polar surface area (TPSA) is 173 Å². The smallest absolute Gasteiger partial charge is 0.145 e. The fourth-order valence-electron chi connectivity index (χ4n) is 8.70. The summed E-state index contributed by atoms with van der Waals surface area (Å²) in [7, 11) is 13.8. The Labute approximate surface area is 465 Å². The molecule has 0 saturated carbocycles. The molecule has 0 aliphatic rings. The van der Waals surface area contributed by atoms with Crippen LogP contribution < -0.4 is 48.9 Å². The van der Waals surface area contributed by atoms with Crippen LogP contribution >= 0.6 is 11.6 Å². The van der Waals surface area contributed by atoms with Crippen molar-refractivity contribution in [3.63, 3.8) is 0 Å². The fraction of sp³-hybridized carbons (Fsp3) is 0.226. The van der Waals surface area contributed by atoms with E-state index in [2.05, 4.69) is 67.1 Å². The summed E-state index contributed by atoms with van der Waals surface area (Å²) in [6.45, 7) is 4.85. The van der Waals surface area contributed by atoms with Crippen LogP contribution in [-0.2, 0) is 27.3 Å². The summed E-state index contributed by atoms with van der Waals surface area (Å²) in [5, 5.41) is 5.79. The van der Waals surface area contributed by atoms with Crippen LogP contribution in [0, 0.1) is 0 Å². The van der Waals surface area contributed by atoms with Crippen LogP contribution in [0.25, 0.3) is 44.6 Å². The Morgan fingerprint density at radius 3 is 1.30 bits per heavy atom. The van der Waals surface area contributed by atoms with Gasteiger partial charge in [0, 0.05) is 49.4 Å². The number of nitrogens with two attached hydrogens (primary N) is 1. The molecular formula is C62H65ClN8O8. The number of halogens is 1. The van der Waals surface area contributed by atoms with Gasteiger partial charge in [0.05, 0.1) is 64.8 Å². The number of rotatable bonds is 18. The molecule has 17 heteroatoms. The van der Waals surface area contributed by atoms with Crippen LogP contribution in [0.1, 0.15) is 48.2 Å². The maximum absolute atomic E-state index is 6.20. The average Bonchev–Trinajstić information content (AvgIpc) is 4.21. The standard InChI is InChI=1S/C31H32N4O4.C22H20ClN3O3.C9H13NO/c1-20(21-6-11-24(36-3)12-7-21)34-30-27-17-28(35(2)31(27)33-19-32-30)22-8-13-25(14-9-22)39-18-23-10-15-26(37-4)16-29(23)38-5;1-26-19(11-18-21(23)24-13-25-22(18)26)14-4-7-16(8-5-14)29-12-15-6-9-17(27-2)10-20(15)28-3;1-7(10)8-3-5-9(11-2)6-4-8/h6-17,19-20H,18H2,1-5H3,(H,32,33,34);4-11,13H,12H2,1-3H3;3-7H,10H2,1-2H3/t20-;;7-/m1.1/s1. The first-order chi connectivity index (χ1) is 38.3. The molecule has 4 aromatic heterocycles. The second-order valence-electron chi connectivity index (χ2n) is 18.2. The van der Waals surface area contributed by atoms with Crippen molar-refractivity contribution < 1.29 is 37.9 Å². The Balaban J connectivity index is 0.000000179. The van der Waals surface area contributed by atoms with Crippen LogP contribution in [0.3, 0.4) is 0 Å². The van der Waals surface area contributed by atoms with Crippen LogP contribution in [0.5, 0.6) is 46.0 Å². The normalized spacial score (nSPS) is 11.5. The molecular weight excluding hydrogens is 1020 g/mol. The van der Waals surface area contributed by atoms with Gasteiger partial charge in [0.15, 0.2) is 0 Å². The Kier molecular flexibility index (Phi) is 18.8. The lowest BCUT2D eigenvalue weighted by atomic mass is 10.1. The molecule has 2 atom stereocenters. The minimum Gasteiger partial charge on any atom is -0.497 e. The number of aromatic nitrogens is 6. The molecule has 6 aromatic carbocycles. The molecule has 0 aliphatic heterocycles. The highest BCUT2D eigenvalue weighted by atomic mass is 35.5. The quantitative estimate of drug-likeness (QED) is 0.0777. The van der Waals surface area contributed by atoms with Gasteiger partial charge < -0.3 is 58.1 Å². The largest absolute Gasteiger partial charge is 0.497 e. The van der Waals surface area contributed by atoms with E-state index in [-0.39, 0.29) is 12.1 Å². The van der Waals surface area contributed by atoms with Crippen molar-refractivity contribution in [3.05, 3.63) is 186 Å². The van der Waals surface area contributed by atoms with E-state index in [9.17, 15) is 0 Å². The van der Waals surface area contributed by atoms with Crippen LogP contribution in [0.15, 0.2) is 158 Å². The van der Waals surface area contributed by atoms with Gasteiger partial charge in [-0.05, 0) is 145 Å². The number of hydrogen-bond acceptors (Lipinski definition) is 14. The highest BCUT2D eigenvalue weighted by molar-refractivity contribution is 6.34. The molecule has 16 nitrogen and oxygen atoms in total. The van der Waals surface area contributed by atoms with E-state index in [1.165, 1.54) is 6.33 Å². The predicted octanol–water partition coefficient (Wildman–Crippen LogP) is 13.0. The van der Waals surface area contributed by atoms with Crippen molar-refractivity contribution in [3.8, 4) is 68.5 Å². The molecule has 79 heavy (non-hydrogen) atoms. The third-order valence-electron chi connectivity index (χ3n) is 13.3. The monoisotopic (exact) mass is 1080 g/mol. The number of benzene rings is 6. The van der Waals surface area contributed by atoms with E-state index in [0.29, 0.717) is 18.4 Å². The zero-order valence-electron chi connectivity index (χ0n) is 46.0. The van der Waals surface area contributed by atoms with Gasteiger partial charge in [0.25, 0.3) is 0 Å². The highest BCUT2D eigenvalue weighted by Gasteiger charge is 2.17. The summed E-state index contributed by atoms with van der Waals surface area (Å²) in [6.07, 6.45) is 3.07. The van der Waals surface area contributed by atoms with Gasteiger partial charge in [0.1, 0.15) is 94.1 Å². The van der Waals surface area contributed by atoms with Crippen LogP contribution in [0.2, 0.25) is 5.15 Å². The van der Waals surface area contributed by atoms with E-state index in [4.69, 9.17) is 55.2 Å². The number of nitrogens with zero attached hydrogens (tertiary/aromatic N) is 6. The van der Waals surface area contributed by atoms with Gasteiger partial charge in [-0.15, -0.1) is 0 Å². The Morgan fingerprint density at radius 2 is 0.873 bits per heavy atom. The number of ether oxygens (including phenoxy) is 8. The van der Waals surface area contributed by atoms with E-state index >= 15 is 0 Å². The average molecular weight is 1090 g/mol. The number of methoxy groups -OCH3 is 6. The van der Waals surface area contributed by atoms with Crippen molar-refractivity contribution >= 4 is 39.5 Å². The minimum absolute atomic E-state index is 0.0541. The maximum atomic E-state index is 6.20. The maximum Gasteiger partial charge on any atom is 0.145 e. The lowest BCUT2D eigenvalue weighted by Gasteiger charge is -2.15. The first kappa shape index (κ1) is 56.2. The molecule has 0 aliphatic carbocycles. The second kappa shape index (κ2) is 26.4. The summed E-state index contributed by atoms with van der Waals surface area (Å²) in [5.41, 5.74) is 15.6. The Morgan fingerprint density at radius 1 is 0.468 bits per heavy atom. The number of aryl methyl sites for hydroxylation is 2. The highest BCUT2D eigenvalue weighted by Crippen LogP contribution is 2.35. The third kappa shape index (κ3) is 13.6. The van der Waals surface area contributed by atoms with E-state index in [0.717, 1.165) is 119 Å². The van der Waals surface area contributed by atoms with E-state index in [1.807, 2.05) is 141 Å². The van der Waals surface area contributed by atoms with Crippen LogP contribution in [-0.4, -0.2) is 71.7 Å². The van der Waals surface area contributed by atoms with Crippen molar-refractivity contribution in [2.24, 2.45) is 19.8 Å². The van der Waals surface area contributed by atoms with Crippen LogP contribution in [0.4, 0.5) is 5.82 Å². The molecule has 0 radical (unpaired) electrons. The zero-order valence-corrected chi connectivity index (χ0v) is 46.7. The fourth-order valence-corrected chi connectivity index (χ4v) is 8.89. The molecule has 408 valence electrons. The molecule has 10 aromatic rings. The first-order valence-electron chi connectivity index (χ1n) is 25.3. The second-order valence-corrected chi connectivity index (χ2v) is 18.6. The lowest BCUT2D eigenvalue weighted by Crippen LogP contribution is -2.08. The van der Waals surface area contributed by atoms with Crippen molar-refractivity contribution in [2.75, 3.05) is 48.0 Å². The van der Waals surface area contributed by atoms with Gasteiger partial charge in [-0.3, -0.25) is 0 Å². The summed E-state index contributed by atoms with van der Waals surface area (Å²) >= 11 is 6.20. The first-order valence-corrected chi connectivity index (χ1v) is 25.7. The van der Waals surface area contributed by atoms with Gasteiger partial charge in [-0.25, -0.2) is 19.9 Å². The number of fused-ring (bicyclic) bond motifs is 2. The van der Waals surface area contributed by atoms with E-state index in [1.54, 1.807) is 49.0 Å². The molecule has 0 unspecified atom stereocenters. The molecule has 0 saturated heterocycles. The molecule has 0 bridgehead atoms. The third-order valence-corrected chi connectivity index (χ3v) is 13.6. The number of hydrogen-bond donors (Lipinski definition) is 2. The zero-order chi connectivity index (χ0) is 56.0. The molecule has 3 N–H and O–H groups in total. The van der Waals surface area contributed by atoms with Gasteiger partial charge in [-0.1, -0.05) is 35.9 Å². The predicted molar refractivity (Wildman–Crippen MR) is 311 cm³/mol. The number of anilines is 1. The van der Waals surface area contributed by atoms with Crippen molar-refractivity contribution in [2.45, 2.75) is 39.1 Å². The van der Waals surface area contributed by atoms with E-state index < -0.39 is 0 Å². The summed E-state index contributed by atoms with van der Waals surface area (Å²) in [4.78, 5) is 17.5. The van der Waals surface area contributed by atoms with Gasteiger partial charge in [0.2, 0.25) is 0 Å². The van der Waals surface area contributed by atoms with Gasteiger partial charge in [-0.2, -0.15) is 0 Å². The Hall–Kier alpha value is -8.99. The number of nitrogens with one attached hydrogen (secondary N) is 1. The molecule has 10 rings (SSSR count).